The van der Waals surface area contributed by atoms with Crippen molar-refractivity contribution in [2.45, 2.75) is 32.7 Å². The summed E-state index contributed by atoms with van der Waals surface area (Å²) in [5.41, 5.74) is 2.43. The van der Waals surface area contributed by atoms with Crippen molar-refractivity contribution >= 4 is 11.3 Å². The lowest BCUT2D eigenvalue weighted by atomic mass is 10.0. The van der Waals surface area contributed by atoms with Gasteiger partial charge >= 0.3 is 0 Å². The third-order valence-electron chi connectivity index (χ3n) is 3.27. The van der Waals surface area contributed by atoms with E-state index in [1.807, 2.05) is 11.6 Å². The highest BCUT2D eigenvalue weighted by Crippen LogP contribution is 2.29. The van der Waals surface area contributed by atoms with Gasteiger partial charge < -0.3 is 10.1 Å². The number of rotatable bonds is 7. The van der Waals surface area contributed by atoms with E-state index < -0.39 is 0 Å². The van der Waals surface area contributed by atoms with E-state index in [2.05, 4.69) is 42.3 Å². The molecule has 0 aliphatic carbocycles. The zero-order valence-electron chi connectivity index (χ0n) is 12.3. The highest BCUT2D eigenvalue weighted by atomic mass is 32.1. The highest BCUT2D eigenvalue weighted by molar-refractivity contribution is 7.09. The summed E-state index contributed by atoms with van der Waals surface area (Å²) >= 11 is 1.70. The Kier molecular flexibility index (Phi) is 5.56. The first-order valence-corrected chi connectivity index (χ1v) is 7.88. The number of aryl methyl sites for hydroxylation is 1. The Labute approximate surface area is 125 Å². The monoisotopic (exact) mass is 290 g/mol. The number of hydrogen-bond acceptors (Lipinski definition) is 4. The molecule has 0 aliphatic rings. The smallest absolute Gasteiger partial charge is 0.123 e. The summed E-state index contributed by atoms with van der Waals surface area (Å²) in [6.45, 7) is 5.26. The number of nitrogens with one attached hydrogen (secondary N) is 1. The van der Waals surface area contributed by atoms with Crippen LogP contribution in [0.4, 0.5) is 0 Å². The van der Waals surface area contributed by atoms with Crippen LogP contribution in [0.15, 0.2) is 29.8 Å². The van der Waals surface area contributed by atoms with Gasteiger partial charge in [-0.2, -0.15) is 0 Å². The summed E-state index contributed by atoms with van der Waals surface area (Å²) in [4.78, 5) is 4.40. The van der Waals surface area contributed by atoms with Gasteiger partial charge in [-0.05, 0) is 31.5 Å². The van der Waals surface area contributed by atoms with Gasteiger partial charge in [-0.3, -0.25) is 0 Å². The highest BCUT2D eigenvalue weighted by Gasteiger charge is 2.17. The zero-order valence-corrected chi connectivity index (χ0v) is 13.2. The van der Waals surface area contributed by atoms with Crippen molar-refractivity contribution in [3.63, 3.8) is 0 Å². The van der Waals surface area contributed by atoms with Gasteiger partial charge in [-0.15, -0.1) is 11.3 Å². The van der Waals surface area contributed by atoms with E-state index in [4.69, 9.17) is 4.74 Å². The van der Waals surface area contributed by atoms with Gasteiger partial charge in [0, 0.05) is 29.6 Å². The summed E-state index contributed by atoms with van der Waals surface area (Å²) in [6, 6.07) is 6.64. The van der Waals surface area contributed by atoms with Crippen molar-refractivity contribution in [3.8, 4) is 5.75 Å². The number of thiazole rings is 1. The molecule has 0 fully saturated rings. The number of benzene rings is 1. The minimum atomic E-state index is 0.247. The lowest BCUT2D eigenvalue weighted by molar-refractivity contribution is 0.397. The van der Waals surface area contributed by atoms with Crippen LogP contribution in [-0.4, -0.2) is 18.6 Å². The molecule has 0 saturated carbocycles. The molecular formula is C16H22N2OS. The fraction of sp³-hybridized carbons (Fsp3) is 0.438. The average molecular weight is 290 g/mol. The van der Waals surface area contributed by atoms with E-state index in [-0.39, 0.29) is 6.04 Å². The second-order valence-electron chi connectivity index (χ2n) is 4.88. The number of nitrogens with zero attached hydrogens (tertiary/aromatic N) is 1. The van der Waals surface area contributed by atoms with E-state index in [0.29, 0.717) is 0 Å². The van der Waals surface area contributed by atoms with Crippen LogP contribution < -0.4 is 10.1 Å². The van der Waals surface area contributed by atoms with Gasteiger partial charge in [0.2, 0.25) is 0 Å². The first kappa shape index (κ1) is 15.0. The van der Waals surface area contributed by atoms with Gasteiger partial charge in [0.1, 0.15) is 5.75 Å². The quantitative estimate of drug-likeness (QED) is 0.843. The minimum absolute atomic E-state index is 0.247. The van der Waals surface area contributed by atoms with Crippen LogP contribution in [-0.2, 0) is 6.42 Å². The molecule has 1 atom stereocenters. The third kappa shape index (κ3) is 3.81. The molecule has 2 aromatic rings. The number of hydrogen-bond donors (Lipinski definition) is 1. The van der Waals surface area contributed by atoms with Crippen LogP contribution in [0.5, 0.6) is 5.75 Å². The molecule has 0 bridgehead atoms. The second-order valence-corrected chi connectivity index (χ2v) is 5.86. The molecule has 20 heavy (non-hydrogen) atoms. The van der Waals surface area contributed by atoms with Crippen LogP contribution >= 0.6 is 11.3 Å². The van der Waals surface area contributed by atoms with E-state index in [1.165, 1.54) is 11.1 Å². The largest absolute Gasteiger partial charge is 0.496 e. The van der Waals surface area contributed by atoms with Gasteiger partial charge in [0.15, 0.2) is 0 Å². The Bertz CT molecular complexity index is 525. The Morgan fingerprint density at radius 1 is 1.40 bits per heavy atom. The molecule has 0 radical (unpaired) electrons. The van der Waals surface area contributed by atoms with E-state index in [0.717, 1.165) is 30.1 Å². The van der Waals surface area contributed by atoms with Crippen molar-refractivity contribution in [2.75, 3.05) is 13.7 Å². The van der Waals surface area contributed by atoms with E-state index in [1.54, 1.807) is 18.4 Å². The van der Waals surface area contributed by atoms with Crippen LogP contribution in [0.2, 0.25) is 0 Å². The fourth-order valence-corrected chi connectivity index (χ4v) is 2.91. The normalized spacial score (nSPS) is 12.3. The van der Waals surface area contributed by atoms with Crippen molar-refractivity contribution in [1.82, 2.24) is 10.3 Å². The van der Waals surface area contributed by atoms with Gasteiger partial charge in [0.05, 0.1) is 12.1 Å². The third-order valence-corrected chi connectivity index (χ3v) is 4.07. The summed E-state index contributed by atoms with van der Waals surface area (Å²) < 4.78 is 5.55. The van der Waals surface area contributed by atoms with Crippen LogP contribution in [0, 0.1) is 6.92 Å². The number of ether oxygens (including phenoxy) is 1. The molecule has 0 spiro atoms. The lowest BCUT2D eigenvalue weighted by Gasteiger charge is -2.21. The van der Waals surface area contributed by atoms with Crippen molar-refractivity contribution in [3.05, 3.63) is 45.9 Å². The molecule has 1 aromatic carbocycles. The second kappa shape index (κ2) is 7.41. The molecule has 0 amide bonds. The summed E-state index contributed by atoms with van der Waals surface area (Å²) in [7, 11) is 1.73. The first-order chi connectivity index (χ1) is 9.74. The molecule has 0 saturated heterocycles. The Morgan fingerprint density at radius 3 is 2.90 bits per heavy atom. The molecule has 3 nitrogen and oxygen atoms in total. The molecule has 0 aliphatic heterocycles. The van der Waals surface area contributed by atoms with Gasteiger partial charge in [0.25, 0.3) is 0 Å². The average Bonchev–Trinajstić information content (AvgIpc) is 2.96. The van der Waals surface area contributed by atoms with Crippen LogP contribution in [0.1, 0.15) is 35.5 Å². The molecule has 1 aromatic heterocycles. The topological polar surface area (TPSA) is 34.2 Å². The zero-order chi connectivity index (χ0) is 14.4. The molecule has 1 N–H and O–H groups in total. The van der Waals surface area contributed by atoms with E-state index in [9.17, 15) is 0 Å². The molecule has 1 unspecified atom stereocenters. The maximum Gasteiger partial charge on any atom is 0.123 e. The minimum Gasteiger partial charge on any atom is -0.496 e. The van der Waals surface area contributed by atoms with Crippen molar-refractivity contribution in [2.24, 2.45) is 0 Å². The first-order valence-electron chi connectivity index (χ1n) is 7.01. The van der Waals surface area contributed by atoms with Crippen molar-refractivity contribution in [1.29, 1.82) is 0 Å². The Balaban J connectivity index is 2.25. The lowest BCUT2D eigenvalue weighted by Crippen LogP contribution is -2.24. The summed E-state index contributed by atoms with van der Waals surface area (Å²) in [5, 5.41) is 6.79. The van der Waals surface area contributed by atoms with Gasteiger partial charge in [-0.25, -0.2) is 4.98 Å². The predicted molar refractivity (Wildman–Crippen MR) is 84.6 cm³/mol. The molecule has 4 heteroatoms. The standard InChI is InChI=1S/C16H22N2OS/c1-4-7-17-14(11-16-18-8-9-20-16)13-6-5-12(2)10-15(13)19-3/h5-6,8-10,14,17H,4,7,11H2,1-3H3. The number of aromatic nitrogens is 1. The maximum atomic E-state index is 5.55. The predicted octanol–water partition coefficient (Wildman–Crippen LogP) is 3.74. The molecule has 1 heterocycles. The SMILES string of the molecule is CCCNC(Cc1nccs1)c1ccc(C)cc1OC. The maximum absolute atomic E-state index is 5.55. The van der Waals surface area contributed by atoms with Crippen LogP contribution in [0.3, 0.4) is 0 Å². The van der Waals surface area contributed by atoms with Crippen LogP contribution in [0.25, 0.3) is 0 Å². The number of methoxy groups -OCH3 is 1. The Morgan fingerprint density at radius 2 is 2.25 bits per heavy atom. The van der Waals surface area contributed by atoms with E-state index >= 15 is 0 Å². The summed E-state index contributed by atoms with van der Waals surface area (Å²) in [6.07, 6.45) is 3.88. The van der Waals surface area contributed by atoms with Crippen molar-refractivity contribution < 1.29 is 4.74 Å². The Hall–Kier alpha value is -1.39. The molecule has 108 valence electrons. The van der Waals surface area contributed by atoms with Gasteiger partial charge in [-0.1, -0.05) is 19.1 Å². The molecule has 2 rings (SSSR count). The summed E-state index contributed by atoms with van der Waals surface area (Å²) in [5.74, 6) is 0.954. The fourth-order valence-electron chi connectivity index (χ4n) is 2.25. The molecular weight excluding hydrogens is 268 g/mol.